The largest absolute Gasteiger partial charge is 0.352 e. The van der Waals surface area contributed by atoms with Gasteiger partial charge in [0.15, 0.2) is 0 Å². The zero-order valence-corrected chi connectivity index (χ0v) is 19.1. The molecular weight excluding hydrogens is 428 g/mol. The molecule has 1 aliphatic carbocycles. The van der Waals surface area contributed by atoms with Crippen molar-refractivity contribution in [3.05, 3.63) is 77.6 Å². The van der Waals surface area contributed by atoms with E-state index in [1.54, 1.807) is 5.48 Å². The van der Waals surface area contributed by atoms with Crippen LogP contribution < -0.4 is 10.8 Å². The molecule has 0 radical (unpaired) electrons. The summed E-state index contributed by atoms with van der Waals surface area (Å²) in [5.41, 5.74) is 6.93. The fourth-order valence-electron chi connectivity index (χ4n) is 5.25. The van der Waals surface area contributed by atoms with E-state index >= 15 is 0 Å². The van der Waals surface area contributed by atoms with Gasteiger partial charge in [-0.15, -0.1) is 0 Å². The lowest BCUT2D eigenvalue weighted by atomic mass is 10.0. The lowest BCUT2D eigenvalue weighted by molar-refractivity contribution is -0.134. The number of fused-ring (bicyclic) bond motifs is 2. The van der Waals surface area contributed by atoms with E-state index in [-0.39, 0.29) is 24.3 Å². The maximum absolute atomic E-state index is 12.8. The zero-order chi connectivity index (χ0) is 23.7. The fraction of sp³-hybridized carbons (Fsp3) is 0.296. The van der Waals surface area contributed by atoms with Crippen LogP contribution in [-0.2, 0) is 22.6 Å². The molecule has 2 aromatic heterocycles. The Morgan fingerprint density at radius 3 is 2.76 bits per heavy atom. The number of nitrogens with one attached hydrogen (secondary N) is 2. The predicted octanol–water partition coefficient (Wildman–Crippen LogP) is 3.88. The topological polar surface area (TPSA) is 96.2 Å². The first kappa shape index (κ1) is 22.1. The lowest BCUT2D eigenvalue weighted by Crippen LogP contribution is -2.43. The first-order valence-electron chi connectivity index (χ1n) is 11.7. The zero-order valence-electron chi connectivity index (χ0n) is 19.1. The molecule has 0 bridgehead atoms. The SMILES string of the molecule is Cc1cc(Cn2ccc3c(CC(=O)NC4CCCC4C(=O)NO)cccc32)c2ccccc2n1. The lowest BCUT2D eigenvalue weighted by Gasteiger charge is -2.19. The summed E-state index contributed by atoms with van der Waals surface area (Å²) in [6, 6.07) is 18.2. The molecule has 0 saturated heterocycles. The highest BCUT2D eigenvalue weighted by atomic mass is 16.5. The Morgan fingerprint density at radius 2 is 1.91 bits per heavy atom. The molecule has 2 aromatic carbocycles. The first-order valence-corrected chi connectivity index (χ1v) is 11.7. The van der Waals surface area contributed by atoms with Crippen LogP contribution >= 0.6 is 0 Å². The van der Waals surface area contributed by atoms with Crippen LogP contribution in [0.3, 0.4) is 0 Å². The number of nitrogens with zero attached hydrogens (tertiary/aromatic N) is 2. The average Bonchev–Trinajstić information content (AvgIpc) is 3.46. The van der Waals surface area contributed by atoms with E-state index in [2.05, 4.69) is 45.3 Å². The molecular formula is C27H28N4O3. The number of benzene rings is 2. The van der Waals surface area contributed by atoms with Gasteiger partial charge in [0.25, 0.3) is 0 Å². The number of rotatable bonds is 6. The van der Waals surface area contributed by atoms with Gasteiger partial charge < -0.3 is 9.88 Å². The first-order chi connectivity index (χ1) is 16.5. The molecule has 5 rings (SSSR count). The minimum absolute atomic E-state index is 0.112. The summed E-state index contributed by atoms with van der Waals surface area (Å²) in [4.78, 5) is 29.4. The molecule has 0 aliphatic heterocycles. The van der Waals surface area contributed by atoms with Gasteiger partial charge in [-0.25, -0.2) is 5.48 Å². The molecule has 2 atom stereocenters. The van der Waals surface area contributed by atoms with Crippen molar-refractivity contribution >= 4 is 33.6 Å². The third kappa shape index (κ3) is 4.26. The molecule has 174 valence electrons. The Labute approximate surface area is 197 Å². The Bertz CT molecular complexity index is 1380. The van der Waals surface area contributed by atoms with Crippen LogP contribution in [0.5, 0.6) is 0 Å². The number of carbonyl (C=O) groups is 2. The monoisotopic (exact) mass is 456 g/mol. The highest BCUT2D eigenvalue weighted by Crippen LogP contribution is 2.27. The second kappa shape index (κ2) is 9.27. The molecule has 1 fully saturated rings. The van der Waals surface area contributed by atoms with E-state index in [0.29, 0.717) is 13.0 Å². The molecule has 2 amide bonds. The normalized spacial score (nSPS) is 17.8. The van der Waals surface area contributed by atoms with Gasteiger partial charge in [0.1, 0.15) is 0 Å². The van der Waals surface area contributed by atoms with E-state index in [1.165, 1.54) is 5.56 Å². The van der Waals surface area contributed by atoms with E-state index < -0.39 is 5.91 Å². The van der Waals surface area contributed by atoms with Gasteiger partial charge in [0.05, 0.1) is 17.9 Å². The van der Waals surface area contributed by atoms with Crippen molar-refractivity contribution in [2.75, 3.05) is 0 Å². The number of para-hydroxylation sites is 1. The predicted molar refractivity (Wildman–Crippen MR) is 130 cm³/mol. The van der Waals surface area contributed by atoms with Crippen LogP contribution in [0.1, 0.15) is 36.1 Å². The van der Waals surface area contributed by atoms with Gasteiger partial charge in [-0.05, 0) is 55.2 Å². The second-order valence-corrected chi connectivity index (χ2v) is 9.10. The molecule has 4 aromatic rings. The number of amides is 2. The van der Waals surface area contributed by atoms with E-state index in [4.69, 9.17) is 5.21 Å². The summed E-state index contributed by atoms with van der Waals surface area (Å²) in [5, 5.41) is 14.2. The van der Waals surface area contributed by atoms with E-state index in [9.17, 15) is 9.59 Å². The summed E-state index contributed by atoms with van der Waals surface area (Å²) >= 11 is 0. The number of hydrogen-bond donors (Lipinski definition) is 3. The van der Waals surface area contributed by atoms with E-state index in [0.717, 1.165) is 45.9 Å². The van der Waals surface area contributed by atoms with Crippen molar-refractivity contribution in [2.45, 2.75) is 45.2 Å². The summed E-state index contributed by atoms with van der Waals surface area (Å²) in [6.45, 7) is 2.72. The van der Waals surface area contributed by atoms with Gasteiger partial charge in [0, 0.05) is 40.8 Å². The number of hydroxylamine groups is 1. The molecule has 7 heteroatoms. The van der Waals surface area contributed by atoms with Gasteiger partial charge >= 0.3 is 0 Å². The minimum atomic E-state index is -0.430. The summed E-state index contributed by atoms with van der Waals surface area (Å²) < 4.78 is 2.20. The standard InChI is InChI=1S/C27H28N4O3/c1-17-14-19(20-7-2-3-9-23(20)28-17)16-31-13-12-21-18(6-4-11-25(21)31)15-26(32)29-24-10-5-8-22(24)27(33)30-34/h2-4,6-7,9,11-14,22,24,34H,5,8,10,15-16H2,1H3,(H,29,32)(H,30,33). The van der Waals surface area contributed by atoms with Crippen LogP contribution in [0.2, 0.25) is 0 Å². The van der Waals surface area contributed by atoms with Gasteiger partial charge in [0.2, 0.25) is 11.8 Å². The number of pyridine rings is 1. The summed E-state index contributed by atoms with van der Waals surface area (Å²) in [5.74, 6) is -0.927. The van der Waals surface area contributed by atoms with Crippen molar-refractivity contribution in [1.82, 2.24) is 20.3 Å². The average molecular weight is 457 g/mol. The quantitative estimate of drug-likeness (QED) is 0.303. The summed E-state index contributed by atoms with van der Waals surface area (Å²) in [6.07, 6.45) is 4.56. The molecule has 2 unspecified atom stereocenters. The van der Waals surface area contributed by atoms with Crippen LogP contribution in [0.15, 0.2) is 60.8 Å². The summed E-state index contributed by atoms with van der Waals surface area (Å²) in [7, 11) is 0. The Hall–Kier alpha value is -3.71. The van der Waals surface area contributed by atoms with Crippen molar-refractivity contribution in [2.24, 2.45) is 5.92 Å². The molecule has 1 aliphatic rings. The van der Waals surface area contributed by atoms with Gasteiger partial charge in [-0.3, -0.25) is 19.8 Å². The van der Waals surface area contributed by atoms with Crippen molar-refractivity contribution in [3.8, 4) is 0 Å². The second-order valence-electron chi connectivity index (χ2n) is 9.10. The molecule has 3 N–H and O–H groups in total. The maximum atomic E-state index is 12.8. The third-order valence-corrected chi connectivity index (χ3v) is 6.83. The fourth-order valence-corrected chi connectivity index (χ4v) is 5.25. The number of carbonyl (C=O) groups excluding carboxylic acids is 2. The van der Waals surface area contributed by atoms with E-state index in [1.807, 2.05) is 37.3 Å². The van der Waals surface area contributed by atoms with Crippen LogP contribution in [-0.4, -0.2) is 32.6 Å². The molecule has 0 spiro atoms. The number of hydrogen-bond acceptors (Lipinski definition) is 4. The highest BCUT2D eigenvalue weighted by Gasteiger charge is 2.33. The van der Waals surface area contributed by atoms with Gasteiger partial charge in [-0.2, -0.15) is 0 Å². The smallest absolute Gasteiger partial charge is 0.248 e. The molecule has 7 nitrogen and oxygen atoms in total. The van der Waals surface area contributed by atoms with Crippen molar-refractivity contribution in [3.63, 3.8) is 0 Å². The Morgan fingerprint density at radius 1 is 1.06 bits per heavy atom. The number of aryl methyl sites for hydroxylation is 1. The van der Waals surface area contributed by atoms with Crippen LogP contribution in [0.25, 0.3) is 21.8 Å². The molecule has 1 saturated carbocycles. The minimum Gasteiger partial charge on any atom is -0.352 e. The van der Waals surface area contributed by atoms with Crippen molar-refractivity contribution in [1.29, 1.82) is 0 Å². The maximum Gasteiger partial charge on any atom is 0.248 e. The molecule has 2 heterocycles. The Kier molecular flexibility index (Phi) is 6.02. The Balaban J connectivity index is 1.37. The highest BCUT2D eigenvalue weighted by molar-refractivity contribution is 5.90. The number of aromatic nitrogens is 2. The van der Waals surface area contributed by atoms with Crippen molar-refractivity contribution < 1.29 is 14.8 Å². The molecule has 34 heavy (non-hydrogen) atoms. The van der Waals surface area contributed by atoms with Crippen LogP contribution in [0.4, 0.5) is 0 Å². The third-order valence-electron chi connectivity index (χ3n) is 6.83. The van der Waals surface area contributed by atoms with Crippen LogP contribution in [0, 0.1) is 12.8 Å². The van der Waals surface area contributed by atoms with Gasteiger partial charge in [-0.1, -0.05) is 36.8 Å².